The van der Waals surface area contributed by atoms with E-state index in [1.165, 1.54) is 12.1 Å². The van der Waals surface area contributed by atoms with Crippen LogP contribution in [0.4, 0.5) is 13.2 Å². The highest BCUT2D eigenvalue weighted by atomic mass is 79.9. The lowest BCUT2D eigenvalue weighted by Gasteiger charge is -2.16. The van der Waals surface area contributed by atoms with Gasteiger partial charge in [0.2, 0.25) is 0 Å². The molecular formula is C12H12BrF3O3. The van der Waals surface area contributed by atoms with Crippen LogP contribution in [0.3, 0.4) is 0 Å². The summed E-state index contributed by atoms with van der Waals surface area (Å²) >= 11 is 2.81. The molecule has 0 heterocycles. The molecule has 1 N–H and O–H groups in total. The molecule has 1 unspecified atom stereocenters. The quantitative estimate of drug-likeness (QED) is 0.854. The second-order valence-corrected chi connectivity index (χ2v) is 4.52. The van der Waals surface area contributed by atoms with Crippen molar-refractivity contribution in [3.8, 4) is 0 Å². The molecule has 0 saturated heterocycles. The van der Waals surface area contributed by atoms with E-state index in [2.05, 4.69) is 20.7 Å². The summed E-state index contributed by atoms with van der Waals surface area (Å²) in [6.07, 6.45) is -6.28. The number of alkyl halides is 3. The Hall–Kier alpha value is -1.08. The van der Waals surface area contributed by atoms with Crippen LogP contribution in [0.25, 0.3) is 0 Å². The Morgan fingerprint density at radius 3 is 2.63 bits per heavy atom. The van der Waals surface area contributed by atoms with E-state index in [-0.39, 0.29) is 16.6 Å². The van der Waals surface area contributed by atoms with Gasteiger partial charge in [0, 0.05) is 4.47 Å². The Balaban J connectivity index is 2.98. The Bertz CT molecular complexity index is 460. The number of benzene rings is 1. The number of esters is 1. The van der Waals surface area contributed by atoms with Crippen molar-refractivity contribution in [3.63, 3.8) is 0 Å². The minimum atomic E-state index is -4.53. The molecule has 0 aliphatic rings. The van der Waals surface area contributed by atoms with Gasteiger partial charge in [0.1, 0.15) is 0 Å². The third kappa shape index (κ3) is 4.21. The van der Waals surface area contributed by atoms with E-state index in [0.29, 0.717) is 0 Å². The first-order valence-corrected chi connectivity index (χ1v) is 6.26. The van der Waals surface area contributed by atoms with E-state index in [4.69, 9.17) is 0 Å². The van der Waals surface area contributed by atoms with Crippen molar-refractivity contribution in [1.29, 1.82) is 0 Å². The first-order valence-electron chi connectivity index (χ1n) is 5.46. The largest absolute Gasteiger partial charge is 0.466 e. The topological polar surface area (TPSA) is 46.5 Å². The SMILES string of the molecule is CCOC(=O)CC(O)c1cccc(C(F)(F)F)c1Br. The normalized spacial score (nSPS) is 13.2. The number of hydrogen-bond acceptors (Lipinski definition) is 3. The average Bonchev–Trinajstić information content (AvgIpc) is 2.27. The number of carbonyl (C=O) groups excluding carboxylic acids is 1. The zero-order valence-electron chi connectivity index (χ0n) is 10.00. The van der Waals surface area contributed by atoms with Crippen molar-refractivity contribution in [2.45, 2.75) is 25.6 Å². The lowest BCUT2D eigenvalue weighted by Crippen LogP contribution is -2.13. The summed E-state index contributed by atoms with van der Waals surface area (Å²) in [6.45, 7) is 1.75. The van der Waals surface area contributed by atoms with Crippen LogP contribution in [-0.2, 0) is 15.7 Å². The van der Waals surface area contributed by atoms with Crippen LogP contribution in [0.2, 0.25) is 0 Å². The third-order valence-electron chi connectivity index (χ3n) is 2.36. The van der Waals surface area contributed by atoms with Gasteiger partial charge in [-0.2, -0.15) is 13.2 Å². The van der Waals surface area contributed by atoms with Gasteiger partial charge in [0.25, 0.3) is 0 Å². The smallest absolute Gasteiger partial charge is 0.417 e. The molecule has 3 nitrogen and oxygen atoms in total. The maximum absolute atomic E-state index is 12.7. The van der Waals surface area contributed by atoms with Crippen molar-refractivity contribution in [3.05, 3.63) is 33.8 Å². The molecule has 0 aliphatic heterocycles. The zero-order chi connectivity index (χ0) is 14.6. The van der Waals surface area contributed by atoms with Gasteiger partial charge < -0.3 is 9.84 Å². The number of rotatable bonds is 4. The highest BCUT2D eigenvalue weighted by molar-refractivity contribution is 9.10. The summed E-state index contributed by atoms with van der Waals surface area (Å²) in [7, 11) is 0. The summed E-state index contributed by atoms with van der Waals surface area (Å²) in [5.41, 5.74) is -0.893. The van der Waals surface area contributed by atoms with Crippen LogP contribution in [0, 0.1) is 0 Å². The highest BCUT2D eigenvalue weighted by Crippen LogP contribution is 2.38. The Labute approximate surface area is 116 Å². The van der Waals surface area contributed by atoms with Crippen LogP contribution in [-0.4, -0.2) is 17.7 Å². The van der Waals surface area contributed by atoms with E-state index < -0.39 is 30.2 Å². The molecule has 0 saturated carbocycles. The molecule has 1 aromatic carbocycles. The van der Waals surface area contributed by atoms with Crippen LogP contribution in [0.15, 0.2) is 22.7 Å². The number of halogens is 4. The number of hydrogen-bond donors (Lipinski definition) is 1. The Morgan fingerprint density at radius 1 is 1.47 bits per heavy atom. The van der Waals surface area contributed by atoms with Crippen LogP contribution < -0.4 is 0 Å². The summed E-state index contributed by atoms with van der Waals surface area (Å²) in [6, 6.07) is 3.39. The Kier molecular flexibility index (Phi) is 5.37. The molecule has 0 fully saturated rings. The molecule has 0 radical (unpaired) electrons. The molecule has 0 aromatic heterocycles. The Morgan fingerprint density at radius 2 is 2.11 bits per heavy atom. The summed E-state index contributed by atoms with van der Waals surface area (Å²) in [4.78, 5) is 11.2. The standard InChI is InChI=1S/C12H12BrF3O3/c1-2-19-10(18)6-9(17)7-4-3-5-8(11(7)13)12(14,15)16/h3-5,9,17H,2,6H2,1H3. The van der Waals surface area contributed by atoms with Gasteiger partial charge in [0.05, 0.1) is 24.7 Å². The van der Waals surface area contributed by atoms with Crippen LogP contribution in [0.5, 0.6) is 0 Å². The third-order valence-corrected chi connectivity index (χ3v) is 3.24. The fraction of sp³-hybridized carbons (Fsp3) is 0.417. The molecule has 1 aromatic rings. The molecule has 1 rings (SSSR count). The monoisotopic (exact) mass is 340 g/mol. The second kappa shape index (κ2) is 6.38. The minimum absolute atomic E-state index is 0.00266. The fourth-order valence-corrected chi connectivity index (χ4v) is 2.27. The highest BCUT2D eigenvalue weighted by Gasteiger charge is 2.34. The van der Waals surface area contributed by atoms with Crippen molar-refractivity contribution in [1.82, 2.24) is 0 Å². The lowest BCUT2D eigenvalue weighted by atomic mass is 10.0. The summed E-state index contributed by atoms with van der Waals surface area (Å²) in [5, 5.41) is 9.79. The maximum atomic E-state index is 12.7. The molecule has 0 bridgehead atoms. The second-order valence-electron chi connectivity index (χ2n) is 3.73. The molecule has 7 heteroatoms. The predicted octanol–water partition coefficient (Wildman–Crippen LogP) is 3.45. The first kappa shape index (κ1) is 16.0. The van der Waals surface area contributed by atoms with Gasteiger partial charge in [-0.3, -0.25) is 4.79 Å². The molecule has 0 aliphatic carbocycles. The van der Waals surface area contributed by atoms with Gasteiger partial charge in [-0.05, 0) is 34.5 Å². The van der Waals surface area contributed by atoms with Crippen molar-refractivity contribution < 1.29 is 27.8 Å². The minimum Gasteiger partial charge on any atom is -0.466 e. The van der Waals surface area contributed by atoms with Gasteiger partial charge in [-0.1, -0.05) is 12.1 Å². The fourth-order valence-electron chi connectivity index (χ4n) is 1.51. The number of carbonyl (C=O) groups is 1. The summed E-state index contributed by atoms with van der Waals surface area (Å²) in [5.74, 6) is -0.667. The van der Waals surface area contributed by atoms with E-state index >= 15 is 0 Å². The molecule has 1 atom stereocenters. The maximum Gasteiger partial charge on any atom is 0.417 e. The van der Waals surface area contributed by atoms with Crippen LogP contribution >= 0.6 is 15.9 Å². The van der Waals surface area contributed by atoms with Crippen molar-refractivity contribution in [2.75, 3.05) is 6.61 Å². The molecule has 19 heavy (non-hydrogen) atoms. The average molecular weight is 341 g/mol. The van der Waals surface area contributed by atoms with Gasteiger partial charge in [0.15, 0.2) is 0 Å². The molecule has 0 amide bonds. The number of aliphatic hydroxyl groups is 1. The van der Waals surface area contributed by atoms with Crippen molar-refractivity contribution in [2.24, 2.45) is 0 Å². The van der Waals surface area contributed by atoms with Gasteiger partial charge in [-0.15, -0.1) is 0 Å². The van der Waals surface area contributed by atoms with Crippen LogP contribution in [0.1, 0.15) is 30.6 Å². The van der Waals surface area contributed by atoms with Gasteiger partial charge >= 0.3 is 12.1 Å². The van der Waals surface area contributed by atoms with E-state index in [0.717, 1.165) is 6.07 Å². The molecule has 106 valence electrons. The number of aliphatic hydroxyl groups excluding tert-OH is 1. The molecule has 0 spiro atoms. The van der Waals surface area contributed by atoms with E-state index in [1.807, 2.05) is 0 Å². The van der Waals surface area contributed by atoms with Gasteiger partial charge in [-0.25, -0.2) is 0 Å². The molecular weight excluding hydrogens is 329 g/mol. The lowest BCUT2D eigenvalue weighted by molar-refractivity contribution is -0.145. The predicted molar refractivity (Wildman–Crippen MR) is 65.4 cm³/mol. The zero-order valence-corrected chi connectivity index (χ0v) is 11.6. The van der Waals surface area contributed by atoms with Crippen molar-refractivity contribution >= 4 is 21.9 Å². The number of ether oxygens (including phenoxy) is 1. The first-order chi connectivity index (χ1) is 8.77. The van der Waals surface area contributed by atoms with E-state index in [9.17, 15) is 23.1 Å². The summed E-state index contributed by atoms with van der Waals surface area (Å²) < 4.78 is 42.4. The van der Waals surface area contributed by atoms with E-state index in [1.54, 1.807) is 6.92 Å².